The number of carbonyl (C=O) groups excluding carboxylic acids is 2. The molecule has 2 heterocycles. The molecule has 32 heavy (non-hydrogen) atoms. The van der Waals surface area contributed by atoms with Crippen molar-refractivity contribution >= 4 is 38.6 Å². The fourth-order valence-corrected chi connectivity index (χ4v) is 4.44. The van der Waals surface area contributed by atoms with E-state index in [9.17, 15) is 14.7 Å². The number of aliphatic hydroxyl groups excluding tert-OH is 1. The Morgan fingerprint density at radius 1 is 1.19 bits per heavy atom. The van der Waals surface area contributed by atoms with Crippen molar-refractivity contribution in [3.63, 3.8) is 0 Å². The van der Waals surface area contributed by atoms with Gasteiger partial charge < -0.3 is 19.2 Å². The van der Waals surface area contributed by atoms with Crippen LogP contribution in [0.1, 0.15) is 48.3 Å². The monoisotopic (exact) mass is 497 g/mol. The van der Waals surface area contributed by atoms with E-state index in [4.69, 9.17) is 9.15 Å². The summed E-state index contributed by atoms with van der Waals surface area (Å²) in [7, 11) is 1.56. The van der Waals surface area contributed by atoms with Crippen molar-refractivity contribution < 1.29 is 23.8 Å². The van der Waals surface area contributed by atoms with Crippen LogP contribution >= 0.6 is 15.9 Å². The van der Waals surface area contributed by atoms with Crippen molar-refractivity contribution in [2.45, 2.75) is 32.2 Å². The summed E-state index contributed by atoms with van der Waals surface area (Å²) in [6.45, 7) is 2.51. The zero-order chi connectivity index (χ0) is 22.8. The Hall–Kier alpha value is -3.06. The molecular weight excluding hydrogens is 474 g/mol. The van der Waals surface area contributed by atoms with Gasteiger partial charge in [-0.2, -0.15) is 0 Å². The van der Waals surface area contributed by atoms with Gasteiger partial charge in [0.2, 0.25) is 5.78 Å². The van der Waals surface area contributed by atoms with Crippen LogP contribution in [0.2, 0.25) is 0 Å². The van der Waals surface area contributed by atoms with E-state index >= 15 is 0 Å². The van der Waals surface area contributed by atoms with E-state index < -0.39 is 23.5 Å². The molecule has 0 fully saturated rings. The Morgan fingerprint density at radius 3 is 2.75 bits per heavy atom. The Kier molecular flexibility index (Phi) is 6.37. The second-order valence-electron chi connectivity index (χ2n) is 7.77. The van der Waals surface area contributed by atoms with Gasteiger partial charge in [0.25, 0.3) is 5.91 Å². The van der Waals surface area contributed by atoms with Gasteiger partial charge in [-0.3, -0.25) is 9.59 Å². The average molecular weight is 498 g/mol. The number of nitrogens with zero attached hydrogens (tertiary/aromatic N) is 1. The molecule has 1 amide bonds. The molecule has 1 N–H and O–H groups in total. The van der Waals surface area contributed by atoms with E-state index in [0.717, 1.165) is 29.1 Å². The van der Waals surface area contributed by atoms with Crippen molar-refractivity contribution in [3.8, 4) is 5.75 Å². The summed E-state index contributed by atoms with van der Waals surface area (Å²) in [5.74, 6) is -0.892. The van der Waals surface area contributed by atoms with Crippen LogP contribution < -0.4 is 4.74 Å². The number of aliphatic hydroxyl groups is 1. The molecule has 1 aliphatic heterocycles. The van der Waals surface area contributed by atoms with Gasteiger partial charge in [0.05, 0.1) is 18.7 Å². The molecule has 6 nitrogen and oxygen atoms in total. The fraction of sp³-hybridized carbons (Fsp3) is 0.280. The summed E-state index contributed by atoms with van der Waals surface area (Å²) in [6, 6.07) is 13.6. The number of amides is 1. The van der Waals surface area contributed by atoms with Gasteiger partial charge in [0.1, 0.15) is 11.3 Å². The number of furan rings is 1. The molecule has 0 spiro atoms. The van der Waals surface area contributed by atoms with Gasteiger partial charge in [-0.05, 0) is 48.4 Å². The second-order valence-corrected chi connectivity index (χ2v) is 8.68. The molecule has 7 heteroatoms. The summed E-state index contributed by atoms with van der Waals surface area (Å²) in [5, 5.41) is 11.5. The number of unbranched alkanes of at least 4 members (excludes halogenated alkanes) is 2. The van der Waals surface area contributed by atoms with E-state index in [2.05, 4.69) is 22.9 Å². The number of carbonyl (C=O) groups is 2. The van der Waals surface area contributed by atoms with Crippen molar-refractivity contribution in [1.29, 1.82) is 0 Å². The van der Waals surface area contributed by atoms with Crippen LogP contribution in [-0.4, -0.2) is 35.4 Å². The van der Waals surface area contributed by atoms with Crippen LogP contribution in [0.5, 0.6) is 5.75 Å². The van der Waals surface area contributed by atoms with Crippen LogP contribution in [0.25, 0.3) is 11.0 Å². The van der Waals surface area contributed by atoms with E-state index in [0.29, 0.717) is 23.4 Å². The number of methoxy groups -OCH3 is 1. The van der Waals surface area contributed by atoms with E-state index in [1.54, 1.807) is 42.3 Å². The highest BCUT2D eigenvalue weighted by molar-refractivity contribution is 9.10. The van der Waals surface area contributed by atoms with Crippen molar-refractivity contribution in [2.24, 2.45) is 0 Å². The quantitative estimate of drug-likeness (QED) is 0.306. The first-order valence-corrected chi connectivity index (χ1v) is 11.4. The second kappa shape index (κ2) is 9.20. The molecule has 1 unspecified atom stereocenters. The van der Waals surface area contributed by atoms with E-state index in [1.807, 2.05) is 18.2 Å². The first-order valence-electron chi connectivity index (χ1n) is 10.6. The number of halogens is 1. The molecule has 4 rings (SSSR count). The van der Waals surface area contributed by atoms with Crippen LogP contribution in [0, 0.1) is 0 Å². The number of hydrogen-bond donors (Lipinski definition) is 1. The normalized spacial score (nSPS) is 16.3. The third kappa shape index (κ3) is 4.05. The largest absolute Gasteiger partial charge is 0.503 e. The van der Waals surface area contributed by atoms with Crippen molar-refractivity contribution in [1.82, 2.24) is 4.90 Å². The number of Topliss-reactive ketones (excluding diaryl/α,β-unsaturated/α-hetero) is 1. The lowest BCUT2D eigenvalue weighted by atomic mass is 9.94. The molecule has 0 saturated heterocycles. The Morgan fingerprint density at radius 2 is 2.00 bits per heavy atom. The molecule has 1 atom stereocenters. The minimum atomic E-state index is -0.720. The zero-order valence-corrected chi connectivity index (χ0v) is 19.5. The number of benzene rings is 2. The average Bonchev–Trinajstić information content (AvgIpc) is 3.32. The molecule has 1 aromatic heterocycles. The van der Waals surface area contributed by atoms with Crippen LogP contribution in [0.4, 0.5) is 0 Å². The predicted octanol–water partition coefficient (Wildman–Crippen LogP) is 5.97. The number of fused-ring (bicyclic) bond motifs is 1. The Bertz CT molecular complexity index is 1210. The number of ketones is 1. The molecule has 0 aliphatic carbocycles. The number of ether oxygens (including phenoxy) is 1. The van der Waals surface area contributed by atoms with Gasteiger partial charge in [-0.1, -0.05) is 47.8 Å². The van der Waals surface area contributed by atoms with Gasteiger partial charge in [0.15, 0.2) is 11.5 Å². The van der Waals surface area contributed by atoms with Gasteiger partial charge in [-0.15, -0.1) is 0 Å². The highest BCUT2D eigenvalue weighted by Gasteiger charge is 2.44. The summed E-state index contributed by atoms with van der Waals surface area (Å²) < 4.78 is 12.0. The number of rotatable bonds is 8. The van der Waals surface area contributed by atoms with Gasteiger partial charge in [-0.25, -0.2) is 0 Å². The molecule has 166 valence electrons. The lowest BCUT2D eigenvalue weighted by Gasteiger charge is -2.27. The lowest BCUT2D eigenvalue weighted by molar-refractivity contribution is -0.129. The zero-order valence-electron chi connectivity index (χ0n) is 17.9. The minimum absolute atomic E-state index is 0.0258. The maximum atomic E-state index is 13.5. The Balaban J connectivity index is 1.78. The van der Waals surface area contributed by atoms with Crippen molar-refractivity contribution in [3.05, 3.63) is 75.7 Å². The summed E-state index contributed by atoms with van der Waals surface area (Å²) >= 11 is 3.41. The molecule has 0 bridgehead atoms. The highest BCUT2D eigenvalue weighted by Crippen LogP contribution is 2.40. The maximum Gasteiger partial charge on any atom is 0.290 e. The van der Waals surface area contributed by atoms with Crippen LogP contribution in [-0.2, 0) is 4.79 Å². The first kappa shape index (κ1) is 22.1. The third-order valence-corrected chi connectivity index (χ3v) is 6.16. The highest BCUT2D eigenvalue weighted by atomic mass is 79.9. The standard InChI is InChI=1S/C25H24BrNO5/c1-3-4-5-11-27-22(15-7-6-8-18(13-15)31-2)21(24(29)25(27)30)23(28)20-14-16-12-17(26)9-10-19(16)32-20/h6-10,12-14,22,29H,3-5,11H2,1-2H3. The topological polar surface area (TPSA) is 80.0 Å². The van der Waals surface area contributed by atoms with Crippen molar-refractivity contribution in [2.75, 3.05) is 13.7 Å². The van der Waals surface area contributed by atoms with Crippen LogP contribution in [0.15, 0.2) is 68.8 Å². The molecule has 1 aliphatic rings. The minimum Gasteiger partial charge on any atom is -0.503 e. The number of hydrogen-bond acceptors (Lipinski definition) is 5. The van der Waals surface area contributed by atoms with Crippen LogP contribution in [0.3, 0.4) is 0 Å². The van der Waals surface area contributed by atoms with Gasteiger partial charge >= 0.3 is 0 Å². The van der Waals surface area contributed by atoms with E-state index in [1.165, 1.54) is 0 Å². The fourth-order valence-electron chi connectivity index (χ4n) is 4.07. The molecular formula is C25H24BrNO5. The summed E-state index contributed by atoms with van der Waals surface area (Å²) in [4.78, 5) is 28.1. The third-order valence-electron chi connectivity index (χ3n) is 5.66. The summed E-state index contributed by atoms with van der Waals surface area (Å²) in [6.07, 6.45) is 2.71. The maximum absolute atomic E-state index is 13.5. The first-order chi connectivity index (χ1) is 15.4. The van der Waals surface area contributed by atoms with E-state index in [-0.39, 0.29) is 11.3 Å². The van der Waals surface area contributed by atoms with Gasteiger partial charge in [0, 0.05) is 16.4 Å². The SMILES string of the molecule is CCCCCN1C(=O)C(O)=C(C(=O)c2cc3cc(Br)ccc3o2)C1c1cccc(OC)c1. The molecule has 3 aromatic rings. The summed E-state index contributed by atoms with van der Waals surface area (Å²) in [5.41, 5.74) is 1.28. The molecule has 0 saturated carbocycles. The lowest BCUT2D eigenvalue weighted by Crippen LogP contribution is -2.32. The smallest absolute Gasteiger partial charge is 0.290 e. The predicted molar refractivity (Wildman–Crippen MR) is 125 cm³/mol. The molecule has 2 aromatic carbocycles. The Labute approximate surface area is 194 Å². The molecule has 0 radical (unpaired) electrons.